The third-order valence-electron chi connectivity index (χ3n) is 6.06. The van der Waals surface area contributed by atoms with Crippen LogP contribution in [-0.2, 0) is 4.74 Å². The number of nitrogens with one attached hydrogen (secondary N) is 1. The van der Waals surface area contributed by atoms with Gasteiger partial charge in [-0.05, 0) is 42.5 Å². The minimum Gasteiger partial charge on any atom is -0.497 e. The molecule has 1 spiro atoms. The number of rotatable bonds is 5. The second-order valence-electron chi connectivity index (χ2n) is 8.35. The molecule has 1 aromatic heterocycles. The van der Waals surface area contributed by atoms with Crippen molar-refractivity contribution in [2.24, 2.45) is 0 Å². The van der Waals surface area contributed by atoms with Gasteiger partial charge in [0.05, 0.1) is 31.5 Å². The highest BCUT2D eigenvalue weighted by atomic mass is 19.1. The molecule has 2 amide bonds. The number of benzene rings is 2. The molecule has 2 aliphatic rings. The smallest absolute Gasteiger partial charge is 0.415 e. The maximum atomic E-state index is 13.7. The lowest BCUT2D eigenvalue weighted by Crippen LogP contribution is -2.39. The van der Waals surface area contributed by atoms with Crippen LogP contribution in [0.5, 0.6) is 5.75 Å². The summed E-state index contributed by atoms with van der Waals surface area (Å²) in [5.41, 5.74) is 0.750. The highest BCUT2D eigenvalue weighted by molar-refractivity contribution is 6.00. The number of pyridine rings is 1. The Hall–Kier alpha value is -4.14. The second kappa shape index (κ2) is 8.66. The van der Waals surface area contributed by atoms with E-state index in [0.717, 1.165) is 5.69 Å². The van der Waals surface area contributed by atoms with E-state index >= 15 is 0 Å². The fraction of sp³-hybridized carbons (Fsp3) is 0.240. The first kappa shape index (κ1) is 21.7. The third-order valence-corrected chi connectivity index (χ3v) is 6.06. The fourth-order valence-corrected chi connectivity index (χ4v) is 4.38. The van der Waals surface area contributed by atoms with Gasteiger partial charge in [0.25, 0.3) is 5.91 Å². The molecule has 2 saturated heterocycles. The number of ether oxygens (including phenoxy) is 2. The number of methoxy groups -OCH3 is 1. The van der Waals surface area contributed by atoms with Crippen molar-refractivity contribution in [1.29, 1.82) is 0 Å². The highest BCUT2D eigenvalue weighted by Crippen LogP contribution is 2.36. The predicted molar refractivity (Wildman–Crippen MR) is 124 cm³/mol. The van der Waals surface area contributed by atoms with Crippen molar-refractivity contribution < 1.29 is 23.5 Å². The maximum Gasteiger partial charge on any atom is 0.415 e. The van der Waals surface area contributed by atoms with E-state index in [1.165, 1.54) is 17.0 Å². The van der Waals surface area contributed by atoms with Gasteiger partial charge < -0.3 is 19.7 Å². The van der Waals surface area contributed by atoms with Gasteiger partial charge in [0, 0.05) is 30.9 Å². The number of hydrogen-bond donors (Lipinski definition) is 1. The number of aromatic nitrogens is 1. The molecular weight excluding hydrogens is 439 g/mol. The van der Waals surface area contributed by atoms with Gasteiger partial charge in [-0.25, -0.2) is 14.2 Å². The van der Waals surface area contributed by atoms with E-state index < -0.39 is 17.5 Å². The van der Waals surface area contributed by atoms with Gasteiger partial charge >= 0.3 is 6.09 Å². The van der Waals surface area contributed by atoms with E-state index in [-0.39, 0.29) is 19.0 Å². The molecule has 1 N–H and O–H groups in total. The molecule has 8 nitrogen and oxygen atoms in total. The summed E-state index contributed by atoms with van der Waals surface area (Å²) in [5, 5.41) is 3.19. The van der Waals surface area contributed by atoms with E-state index in [1.807, 2.05) is 24.3 Å². The molecular formula is C25H23FN4O4. The zero-order valence-corrected chi connectivity index (χ0v) is 18.5. The summed E-state index contributed by atoms with van der Waals surface area (Å²) in [6.07, 6.45) is 1.57. The number of carbonyl (C=O) groups excluding carboxylic acids is 2. The normalized spacial score (nSPS) is 19.4. The zero-order valence-electron chi connectivity index (χ0n) is 18.5. The summed E-state index contributed by atoms with van der Waals surface area (Å²) < 4.78 is 24.6. The number of halogens is 1. The number of hydrogen-bond acceptors (Lipinski definition) is 6. The summed E-state index contributed by atoms with van der Waals surface area (Å²) in [4.78, 5) is 33.4. The highest BCUT2D eigenvalue weighted by Gasteiger charge is 2.51. The lowest BCUT2D eigenvalue weighted by molar-refractivity contribution is 0.0554. The topological polar surface area (TPSA) is 84.0 Å². The Morgan fingerprint density at radius 1 is 1.15 bits per heavy atom. The maximum absolute atomic E-state index is 13.7. The molecule has 0 aliphatic carbocycles. The van der Waals surface area contributed by atoms with Gasteiger partial charge in [0.15, 0.2) is 5.60 Å². The van der Waals surface area contributed by atoms with Crippen LogP contribution in [-0.4, -0.2) is 54.2 Å². The molecule has 3 aromatic rings. The monoisotopic (exact) mass is 462 g/mol. The molecule has 2 aliphatic heterocycles. The van der Waals surface area contributed by atoms with Crippen LogP contribution in [0.25, 0.3) is 0 Å². The minimum absolute atomic E-state index is 0.212. The molecule has 2 aromatic carbocycles. The predicted octanol–water partition coefficient (Wildman–Crippen LogP) is 4.21. The number of nitrogens with zero attached hydrogens (tertiary/aromatic N) is 3. The molecule has 0 radical (unpaired) electrons. The first-order valence-corrected chi connectivity index (χ1v) is 10.9. The molecule has 2 fully saturated rings. The van der Waals surface area contributed by atoms with Gasteiger partial charge in [0.1, 0.15) is 17.4 Å². The standard InChI is InChI=1S/C25H23FN4O4/c1-33-20-8-3-6-18(14-20)28-22-21(9-4-11-27-22)23(31)29-12-10-25(15-29)16-30(24(32)34-25)19-7-2-5-17(26)13-19/h2-9,11,13-14H,10,12,15-16H2,1H3,(H,27,28). The Morgan fingerprint density at radius 2 is 2.00 bits per heavy atom. The van der Waals surface area contributed by atoms with Crippen molar-refractivity contribution in [2.75, 3.05) is 37.0 Å². The Morgan fingerprint density at radius 3 is 2.82 bits per heavy atom. The molecule has 0 bridgehead atoms. The van der Waals surface area contributed by atoms with Crippen LogP contribution in [0.15, 0.2) is 66.9 Å². The quantitative estimate of drug-likeness (QED) is 0.612. The summed E-state index contributed by atoms with van der Waals surface area (Å²) in [7, 11) is 1.59. The zero-order chi connectivity index (χ0) is 23.7. The Labute approximate surface area is 195 Å². The molecule has 9 heteroatoms. The Bertz CT molecular complexity index is 1250. The first-order chi connectivity index (χ1) is 16.5. The van der Waals surface area contributed by atoms with Gasteiger partial charge in [-0.15, -0.1) is 0 Å². The van der Waals surface area contributed by atoms with Gasteiger partial charge in [0.2, 0.25) is 0 Å². The summed E-state index contributed by atoms with van der Waals surface area (Å²) >= 11 is 0. The Balaban J connectivity index is 1.33. The average molecular weight is 462 g/mol. The van der Waals surface area contributed by atoms with Crippen LogP contribution in [0.3, 0.4) is 0 Å². The van der Waals surface area contributed by atoms with Crippen LogP contribution in [0, 0.1) is 5.82 Å². The SMILES string of the molecule is COc1cccc(Nc2ncccc2C(=O)N2CCC3(C2)CN(c2cccc(F)c2)C(=O)O3)c1. The molecule has 3 heterocycles. The lowest BCUT2D eigenvalue weighted by atomic mass is 10.0. The van der Waals surface area contributed by atoms with Crippen molar-refractivity contribution in [3.05, 3.63) is 78.2 Å². The van der Waals surface area contributed by atoms with E-state index in [0.29, 0.717) is 35.8 Å². The van der Waals surface area contributed by atoms with E-state index in [4.69, 9.17) is 9.47 Å². The van der Waals surface area contributed by atoms with E-state index in [1.54, 1.807) is 42.5 Å². The molecule has 34 heavy (non-hydrogen) atoms. The molecule has 5 rings (SSSR count). The number of likely N-dealkylation sites (tertiary alicyclic amines) is 1. The Kier molecular flexibility index (Phi) is 5.53. The first-order valence-electron chi connectivity index (χ1n) is 10.9. The number of carbonyl (C=O) groups is 2. The molecule has 0 saturated carbocycles. The average Bonchev–Trinajstić information content (AvgIpc) is 3.41. The van der Waals surface area contributed by atoms with Crippen molar-refractivity contribution in [1.82, 2.24) is 9.88 Å². The second-order valence-corrected chi connectivity index (χ2v) is 8.35. The van der Waals surface area contributed by atoms with E-state index in [2.05, 4.69) is 10.3 Å². The van der Waals surface area contributed by atoms with Crippen molar-refractivity contribution in [2.45, 2.75) is 12.0 Å². The van der Waals surface area contributed by atoms with Crippen LogP contribution >= 0.6 is 0 Å². The molecule has 174 valence electrons. The molecule has 1 atom stereocenters. The van der Waals surface area contributed by atoms with Crippen LogP contribution in [0.4, 0.5) is 26.4 Å². The van der Waals surface area contributed by atoms with Crippen molar-refractivity contribution in [3.63, 3.8) is 0 Å². The van der Waals surface area contributed by atoms with Crippen LogP contribution in [0.2, 0.25) is 0 Å². The van der Waals surface area contributed by atoms with Crippen LogP contribution < -0.4 is 15.0 Å². The summed E-state index contributed by atoms with van der Waals surface area (Å²) in [6, 6.07) is 16.6. The van der Waals surface area contributed by atoms with Crippen molar-refractivity contribution >= 4 is 29.2 Å². The van der Waals surface area contributed by atoms with Crippen molar-refractivity contribution in [3.8, 4) is 5.75 Å². The van der Waals surface area contributed by atoms with Gasteiger partial charge in [-0.2, -0.15) is 0 Å². The van der Waals surface area contributed by atoms with Gasteiger partial charge in [-0.3, -0.25) is 9.69 Å². The third kappa shape index (κ3) is 4.12. The number of amides is 2. The summed E-state index contributed by atoms with van der Waals surface area (Å²) in [6.45, 7) is 0.925. The lowest BCUT2D eigenvalue weighted by Gasteiger charge is -2.23. The van der Waals surface area contributed by atoms with Crippen LogP contribution in [0.1, 0.15) is 16.8 Å². The summed E-state index contributed by atoms with van der Waals surface area (Å²) in [5.74, 6) is 0.463. The van der Waals surface area contributed by atoms with Gasteiger partial charge in [-0.1, -0.05) is 12.1 Å². The molecule has 1 unspecified atom stereocenters. The minimum atomic E-state index is -0.832. The van der Waals surface area contributed by atoms with E-state index in [9.17, 15) is 14.0 Å². The number of anilines is 3. The largest absolute Gasteiger partial charge is 0.497 e. The fourth-order valence-electron chi connectivity index (χ4n) is 4.38.